The molecule has 1 N–H and O–H groups in total. The van der Waals surface area contributed by atoms with E-state index in [0.717, 1.165) is 25.7 Å². The van der Waals surface area contributed by atoms with Gasteiger partial charge in [-0.1, -0.05) is 36.0 Å². The van der Waals surface area contributed by atoms with Gasteiger partial charge in [-0.25, -0.2) is 4.98 Å². The molecular weight excluding hydrogens is 452 g/mol. The van der Waals surface area contributed by atoms with Gasteiger partial charge in [0.15, 0.2) is 0 Å². The highest BCUT2D eigenvalue weighted by atomic mass is 79.9. The lowest BCUT2D eigenvalue weighted by molar-refractivity contribution is 0.0948. The summed E-state index contributed by atoms with van der Waals surface area (Å²) in [6.45, 7) is 1.49. The van der Waals surface area contributed by atoms with Gasteiger partial charge in [0.25, 0.3) is 5.91 Å². The maximum absolute atomic E-state index is 12.7. The van der Waals surface area contributed by atoms with Gasteiger partial charge < -0.3 is 14.8 Å². The molecule has 150 valence electrons. The summed E-state index contributed by atoms with van der Waals surface area (Å²) in [6.07, 6.45) is 1.74. The maximum atomic E-state index is 12.7. The first-order valence-electron chi connectivity index (χ1n) is 9.03. The molecule has 0 aliphatic rings. The molecule has 1 aromatic heterocycles. The smallest absolute Gasteiger partial charge is 0.252 e. The van der Waals surface area contributed by atoms with Crippen LogP contribution in [0.25, 0.3) is 0 Å². The van der Waals surface area contributed by atoms with Gasteiger partial charge in [0.05, 0.1) is 12.2 Å². The Labute approximate surface area is 183 Å². The fourth-order valence-electron chi connectivity index (χ4n) is 2.50. The number of halogens is 1. The summed E-state index contributed by atoms with van der Waals surface area (Å²) in [5.41, 5.74) is 1.62. The minimum Gasteiger partial charge on any atom is -0.491 e. The van der Waals surface area contributed by atoms with Gasteiger partial charge in [-0.05, 0) is 57.9 Å². The Hall–Kier alpha value is -2.35. The number of methoxy groups -OCH3 is 1. The number of nitrogens with one attached hydrogen (secondary N) is 1. The molecular formula is C22H21BrN2O3S. The molecule has 0 atom stereocenters. The average molecular weight is 473 g/mol. The third-order valence-electron chi connectivity index (χ3n) is 3.98. The molecule has 0 aliphatic heterocycles. The van der Waals surface area contributed by atoms with Gasteiger partial charge in [0, 0.05) is 29.2 Å². The molecule has 3 rings (SSSR count). The summed E-state index contributed by atoms with van der Waals surface area (Å²) in [5, 5.41) is 3.81. The Bertz CT molecular complexity index is 934. The van der Waals surface area contributed by atoms with Gasteiger partial charge >= 0.3 is 0 Å². The van der Waals surface area contributed by atoms with E-state index >= 15 is 0 Å². The van der Waals surface area contributed by atoms with Crippen LogP contribution in [0.3, 0.4) is 0 Å². The van der Waals surface area contributed by atoms with Crippen molar-refractivity contribution in [3.63, 3.8) is 0 Å². The number of pyridine rings is 1. The molecule has 3 aromatic rings. The van der Waals surface area contributed by atoms with Crippen molar-refractivity contribution < 1.29 is 14.3 Å². The first kappa shape index (κ1) is 21.4. The molecule has 0 bridgehead atoms. The predicted octanol–water partition coefficient (Wildman–Crippen LogP) is 4.95. The first-order valence-corrected chi connectivity index (χ1v) is 10.6. The standard InChI is InChI=1S/C22H21BrN2O3S/c1-27-12-13-28-18-9-6-16(7-10-18)14-25-22(26)19-4-2-3-5-20(19)29-21-11-8-17(23)15-24-21/h2-11,15H,12-14H2,1H3,(H,25,26). The second-order valence-corrected chi connectivity index (χ2v) is 8.06. The van der Waals surface area contributed by atoms with Gasteiger partial charge in [-0.3, -0.25) is 4.79 Å². The number of carbonyl (C=O) groups is 1. The minimum absolute atomic E-state index is 0.120. The van der Waals surface area contributed by atoms with Crippen LogP contribution in [0.5, 0.6) is 5.75 Å². The normalized spacial score (nSPS) is 10.6. The largest absolute Gasteiger partial charge is 0.491 e. The number of rotatable bonds is 9. The number of carbonyl (C=O) groups excluding carboxylic acids is 1. The minimum atomic E-state index is -0.120. The highest BCUT2D eigenvalue weighted by Crippen LogP contribution is 2.29. The number of hydrogen-bond donors (Lipinski definition) is 1. The Morgan fingerprint density at radius 3 is 2.59 bits per heavy atom. The van der Waals surface area contributed by atoms with Crippen LogP contribution in [-0.4, -0.2) is 31.2 Å². The van der Waals surface area contributed by atoms with Crippen LogP contribution in [0.4, 0.5) is 0 Å². The lowest BCUT2D eigenvalue weighted by Crippen LogP contribution is -2.23. The number of amides is 1. The third-order valence-corrected chi connectivity index (χ3v) is 5.47. The van der Waals surface area contributed by atoms with Gasteiger partial charge in [-0.2, -0.15) is 0 Å². The zero-order valence-electron chi connectivity index (χ0n) is 15.9. The summed E-state index contributed by atoms with van der Waals surface area (Å²) in [4.78, 5) is 18.0. The lowest BCUT2D eigenvalue weighted by Gasteiger charge is -2.10. The second-order valence-electron chi connectivity index (χ2n) is 6.08. The van der Waals surface area contributed by atoms with Crippen molar-refractivity contribution >= 4 is 33.6 Å². The van der Waals surface area contributed by atoms with Crippen molar-refractivity contribution in [2.24, 2.45) is 0 Å². The molecule has 2 aromatic carbocycles. The van der Waals surface area contributed by atoms with Crippen LogP contribution in [0, 0.1) is 0 Å². The average Bonchev–Trinajstić information content (AvgIpc) is 2.75. The van der Waals surface area contributed by atoms with Crippen molar-refractivity contribution in [2.45, 2.75) is 16.5 Å². The van der Waals surface area contributed by atoms with E-state index < -0.39 is 0 Å². The molecule has 0 spiro atoms. The number of benzene rings is 2. The lowest BCUT2D eigenvalue weighted by atomic mass is 10.2. The quantitative estimate of drug-likeness (QED) is 0.446. The molecule has 0 unspecified atom stereocenters. The first-order chi connectivity index (χ1) is 14.2. The van der Waals surface area contributed by atoms with E-state index in [1.807, 2.05) is 60.7 Å². The van der Waals surface area contributed by atoms with Gasteiger partial charge in [0.2, 0.25) is 0 Å². The second kappa shape index (κ2) is 11.0. The van der Waals surface area contributed by atoms with Crippen LogP contribution in [0.1, 0.15) is 15.9 Å². The van der Waals surface area contributed by atoms with E-state index in [1.165, 1.54) is 11.8 Å². The van der Waals surface area contributed by atoms with Crippen LogP contribution < -0.4 is 10.1 Å². The van der Waals surface area contributed by atoms with Crippen molar-refractivity contribution in [2.75, 3.05) is 20.3 Å². The summed E-state index contributed by atoms with van der Waals surface area (Å²) >= 11 is 4.85. The molecule has 29 heavy (non-hydrogen) atoms. The fourth-order valence-corrected chi connectivity index (χ4v) is 3.62. The third kappa shape index (κ3) is 6.59. The summed E-state index contributed by atoms with van der Waals surface area (Å²) in [7, 11) is 1.64. The highest BCUT2D eigenvalue weighted by Gasteiger charge is 2.12. The van der Waals surface area contributed by atoms with Gasteiger partial charge in [0.1, 0.15) is 17.4 Å². The zero-order valence-corrected chi connectivity index (χ0v) is 18.3. The molecule has 0 fully saturated rings. The summed E-state index contributed by atoms with van der Waals surface area (Å²) < 4.78 is 11.4. The molecule has 5 nitrogen and oxygen atoms in total. The maximum Gasteiger partial charge on any atom is 0.252 e. The van der Waals surface area contributed by atoms with Crippen LogP contribution >= 0.6 is 27.7 Å². The molecule has 0 aliphatic carbocycles. The number of nitrogens with zero attached hydrogens (tertiary/aromatic N) is 1. The highest BCUT2D eigenvalue weighted by molar-refractivity contribution is 9.10. The van der Waals surface area contributed by atoms with E-state index in [-0.39, 0.29) is 5.91 Å². The summed E-state index contributed by atoms with van der Waals surface area (Å²) in [6, 6.07) is 19.0. The molecule has 7 heteroatoms. The van der Waals surface area contributed by atoms with Crippen molar-refractivity contribution in [3.05, 3.63) is 82.5 Å². The Morgan fingerprint density at radius 1 is 1.07 bits per heavy atom. The number of hydrogen-bond acceptors (Lipinski definition) is 5. The molecule has 0 saturated heterocycles. The van der Waals surface area contributed by atoms with Crippen molar-refractivity contribution in [3.8, 4) is 5.75 Å². The van der Waals surface area contributed by atoms with E-state index in [4.69, 9.17) is 9.47 Å². The monoisotopic (exact) mass is 472 g/mol. The van der Waals surface area contributed by atoms with E-state index in [2.05, 4.69) is 26.2 Å². The van der Waals surface area contributed by atoms with Crippen LogP contribution in [0.15, 0.2) is 81.3 Å². The molecule has 0 saturated carbocycles. The van der Waals surface area contributed by atoms with Crippen molar-refractivity contribution in [1.82, 2.24) is 10.3 Å². The van der Waals surface area contributed by atoms with Crippen LogP contribution in [0.2, 0.25) is 0 Å². The van der Waals surface area contributed by atoms with E-state index in [0.29, 0.717) is 25.3 Å². The Kier molecular flexibility index (Phi) is 8.10. The van der Waals surface area contributed by atoms with E-state index in [1.54, 1.807) is 13.3 Å². The number of aromatic nitrogens is 1. The Balaban J connectivity index is 1.60. The molecule has 0 radical (unpaired) electrons. The van der Waals surface area contributed by atoms with Crippen molar-refractivity contribution in [1.29, 1.82) is 0 Å². The number of ether oxygens (including phenoxy) is 2. The Morgan fingerprint density at radius 2 is 1.86 bits per heavy atom. The van der Waals surface area contributed by atoms with Gasteiger partial charge in [-0.15, -0.1) is 0 Å². The predicted molar refractivity (Wildman–Crippen MR) is 117 cm³/mol. The fraction of sp³-hybridized carbons (Fsp3) is 0.182. The SMILES string of the molecule is COCCOc1ccc(CNC(=O)c2ccccc2Sc2ccc(Br)cn2)cc1. The molecule has 1 amide bonds. The van der Waals surface area contributed by atoms with Crippen LogP contribution in [-0.2, 0) is 11.3 Å². The summed E-state index contributed by atoms with van der Waals surface area (Å²) in [5.74, 6) is 0.659. The topological polar surface area (TPSA) is 60.5 Å². The molecule has 1 heterocycles. The van der Waals surface area contributed by atoms with E-state index in [9.17, 15) is 4.79 Å². The zero-order chi connectivity index (χ0) is 20.5.